The van der Waals surface area contributed by atoms with Crippen molar-refractivity contribution in [3.63, 3.8) is 0 Å². The number of carbonyl (C=O) groups is 1. The smallest absolute Gasteiger partial charge is 0.227 e. The number of aromatic hydroxyl groups is 1. The highest BCUT2D eigenvalue weighted by atomic mass is 16.3. The number of phenolic OH excluding ortho intramolecular Hbond substituents is 1. The van der Waals surface area contributed by atoms with Gasteiger partial charge in [0.15, 0.2) is 0 Å². The molecular formula is C17H27NO2. The van der Waals surface area contributed by atoms with E-state index in [0.29, 0.717) is 13.1 Å². The van der Waals surface area contributed by atoms with Gasteiger partial charge in [-0.05, 0) is 37.3 Å². The number of likely N-dealkylation sites (N-methyl/N-ethyl adjacent to an activating group) is 1. The summed E-state index contributed by atoms with van der Waals surface area (Å²) in [6.45, 7) is 13.6. The molecule has 3 nitrogen and oxygen atoms in total. The van der Waals surface area contributed by atoms with E-state index in [1.165, 1.54) is 0 Å². The van der Waals surface area contributed by atoms with Gasteiger partial charge in [0.1, 0.15) is 5.75 Å². The molecule has 0 unspecified atom stereocenters. The van der Waals surface area contributed by atoms with E-state index in [1.54, 1.807) is 4.90 Å². The van der Waals surface area contributed by atoms with Gasteiger partial charge in [-0.15, -0.1) is 0 Å². The fourth-order valence-corrected chi connectivity index (χ4v) is 2.27. The van der Waals surface area contributed by atoms with Gasteiger partial charge >= 0.3 is 0 Å². The van der Waals surface area contributed by atoms with Crippen LogP contribution in [-0.4, -0.2) is 29.0 Å². The number of amides is 1. The quantitative estimate of drug-likeness (QED) is 0.916. The van der Waals surface area contributed by atoms with Crippen LogP contribution in [0.4, 0.5) is 0 Å². The molecule has 0 saturated heterocycles. The van der Waals surface area contributed by atoms with Crippen LogP contribution >= 0.6 is 0 Å². The minimum Gasteiger partial charge on any atom is -0.507 e. The molecule has 0 aliphatic heterocycles. The zero-order chi connectivity index (χ0) is 15.5. The van der Waals surface area contributed by atoms with E-state index in [0.717, 1.165) is 16.7 Å². The second-order valence-corrected chi connectivity index (χ2v) is 6.29. The van der Waals surface area contributed by atoms with Crippen LogP contribution in [-0.2, 0) is 16.6 Å². The monoisotopic (exact) mass is 277 g/mol. The first kappa shape index (κ1) is 16.5. The molecule has 1 rings (SSSR count). The number of rotatable bonds is 4. The third-order valence-corrected chi connectivity index (χ3v) is 3.70. The van der Waals surface area contributed by atoms with Gasteiger partial charge in [-0.1, -0.05) is 32.9 Å². The van der Waals surface area contributed by atoms with Gasteiger partial charge in [0.2, 0.25) is 5.91 Å². The summed E-state index contributed by atoms with van der Waals surface area (Å²) in [5, 5.41) is 10.2. The van der Waals surface area contributed by atoms with Crippen LogP contribution in [0.25, 0.3) is 0 Å². The number of aryl methyl sites for hydroxylation is 1. The lowest BCUT2D eigenvalue weighted by atomic mass is 9.84. The molecule has 112 valence electrons. The van der Waals surface area contributed by atoms with Crippen molar-refractivity contribution in [3.05, 3.63) is 28.8 Å². The standard InChI is InChI=1S/C17H27NO2/c1-7-18(8-2)15(19)11-13-10-14(17(4,5)6)9-12(3)16(13)20/h9-10,20H,7-8,11H2,1-6H3. The second kappa shape index (κ2) is 6.29. The Kier molecular flexibility index (Phi) is 5.21. The minimum atomic E-state index is 0.00541. The number of nitrogens with zero attached hydrogens (tertiary/aromatic N) is 1. The molecule has 0 spiro atoms. The van der Waals surface area contributed by atoms with Crippen molar-refractivity contribution >= 4 is 5.91 Å². The molecule has 0 atom stereocenters. The van der Waals surface area contributed by atoms with Crippen LogP contribution in [0.15, 0.2) is 12.1 Å². The summed E-state index contributed by atoms with van der Waals surface area (Å²) in [6.07, 6.45) is 0.262. The Balaban J connectivity index is 3.12. The van der Waals surface area contributed by atoms with Crippen LogP contribution in [0.1, 0.15) is 51.3 Å². The first-order valence-electron chi connectivity index (χ1n) is 7.31. The van der Waals surface area contributed by atoms with Crippen molar-refractivity contribution in [2.24, 2.45) is 0 Å². The highest BCUT2D eigenvalue weighted by Gasteiger charge is 2.19. The molecule has 1 aromatic rings. The molecule has 0 aliphatic carbocycles. The molecule has 1 amide bonds. The Labute approximate surface area is 122 Å². The van der Waals surface area contributed by atoms with E-state index in [9.17, 15) is 9.90 Å². The normalized spacial score (nSPS) is 11.5. The van der Waals surface area contributed by atoms with E-state index in [1.807, 2.05) is 32.9 Å². The molecule has 0 heterocycles. The van der Waals surface area contributed by atoms with E-state index in [4.69, 9.17) is 0 Å². The zero-order valence-electron chi connectivity index (χ0n) is 13.6. The average Bonchev–Trinajstić information content (AvgIpc) is 2.34. The van der Waals surface area contributed by atoms with Gasteiger partial charge in [-0.2, -0.15) is 0 Å². The number of carbonyl (C=O) groups excluding carboxylic acids is 1. The summed E-state index contributed by atoms with van der Waals surface area (Å²) in [7, 11) is 0. The lowest BCUT2D eigenvalue weighted by Gasteiger charge is -2.23. The van der Waals surface area contributed by atoms with Crippen LogP contribution < -0.4 is 0 Å². The second-order valence-electron chi connectivity index (χ2n) is 6.29. The van der Waals surface area contributed by atoms with Crippen molar-refractivity contribution in [1.29, 1.82) is 0 Å². The lowest BCUT2D eigenvalue weighted by Crippen LogP contribution is -2.31. The minimum absolute atomic E-state index is 0.00541. The molecule has 0 radical (unpaired) electrons. The maximum Gasteiger partial charge on any atom is 0.227 e. The van der Waals surface area contributed by atoms with E-state index in [2.05, 4.69) is 20.8 Å². The lowest BCUT2D eigenvalue weighted by molar-refractivity contribution is -0.130. The predicted octanol–water partition coefficient (Wildman–Crippen LogP) is 3.41. The summed E-state index contributed by atoms with van der Waals surface area (Å²) in [5.41, 5.74) is 2.72. The Morgan fingerprint density at radius 1 is 1.20 bits per heavy atom. The molecule has 1 aromatic carbocycles. The fourth-order valence-electron chi connectivity index (χ4n) is 2.27. The number of benzene rings is 1. The Bertz CT molecular complexity index is 482. The fraction of sp³-hybridized carbons (Fsp3) is 0.588. The molecule has 0 saturated carbocycles. The Hall–Kier alpha value is -1.51. The summed E-state index contributed by atoms with van der Waals surface area (Å²) < 4.78 is 0. The van der Waals surface area contributed by atoms with E-state index < -0.39 is 0 Å². The molecule has 1 N–H and O–H groups in total. The van der Waals surface area contributed by atoms with Crippen molar-refractivity contribution in [1.82, 2.24) is 4.90 Å². The van der Waals surface area contributed by atoms with Crippen molar-refractivity contribution in [2.45, 2.75) is 53.4 Å². The molecule has 0 aromatic heterocycles. The summed E-state index contributed by atoms with van der Waals surface area (Å²) in [6, 6.07) is 3.96. The van der Waals surface area contributed by atoms with Gasteiger partial charge in [0.05, 0.1) is 6.42 Å². The van der Waals surface area contributed by atoms with Gasteiger partial charge in [-0.25, -0.2) is 0 Å². The van der Waals surface area contributed by atoms with Gasteiger partial charge in [-0.3, -0.25) is 4.79 Å². The van der Waals surface area contributed by atoms with E-state index in [-0.39, 0.29) is 23.5 Å². The van der Waals surface area contributed by atoms with Crippen LogP contribution in [0.3, 0.4) is 0 Å². The predicted molar refractivity (Wildman–Crippen MR) is 83.2 cm³/mol. The molecular weight excluding hydrogens is 250 g/mol. The van der Waals surface area contributed by atoms with Gasteiger partial charge in [0.25, 0.3) is 0 Å². The SMILES string of the molecule is CCN(CC)C(=O)Cc1cc(C(C)(C)C)cc(C)c1O. The third-order valence-electron chi connectivity index (χ3n) is 3.70. The molecule has 20 heavy (non-hydrogen) atoms. The highest BCUT2D eigenvalue weighted by Crippen LogP contribution is 2.31. The molecule has 0 fully saturated rings. The number of hydrogen-bond donors (Lipinski definition) is 1. The Morgan fingerprint density at radius 2 is 1.75 bits per heavy atom. The number of hydrogen-bond acceptors (Lipinski definition) is 2. The summed E-state index contributed by atoms with van der Waals surface area (Å²) >= 11 is 0. The van der Waals surface area contributed by atoms with Crippen molar-refractivity contribution in [2.75, 3.05) is 13.1 Å². The summed E-state index contributed by atoms with van der Waals surface area (Å²) in [5.74, 6) is 0.314. The maximum absolute atomic E-state index is 12.2. The molecule has 3 heteroatoms. The molecule has 0 bridgehead atoms. The zero-order valence-corrected chi connectivity index (χ0v) is 13.6. The van der Waals surface area contributed by atoms with Crippen LogP contribution in [0.5, 0.6) is 5.75 Å². The van der Waals surface area contributed by atoms with Crippen LogP contribution in [0, 0.1) is 6.92 Å². The van der Waals surface area contributed by atoms with Gasteiger partial charge in [0, 0.05) is 18.7 Å². The topological polar surface area (TPSA) is 40.5 Å². The summed E-state index contributed by atoms with van der Waals surface area (Å²) in [4.78, 5) is 14.0. The van der Waals surface area contributed by atoms with Gasteiger partial charge < -0.3 is 10.0 Å². The van der Waals surface area contributed by atoms with Crippen LogP contribution in [0.2, 0.25) is 0 Å². The van der Waals surface area contributed by atoms with Crippen molar-refractivity contribution < 1.29 is 9.90 Å². The largest absolute Gasteiger partial charge is 0.507 e. The Morgan fingerprint density at radius 3 is 2.20 bits per heavy atom. The average molecular weight is 277 g/mol. The third kappa shape index (κ3) is 3.75. The first-order chi connectivity index (χ1) is 9.20. The van der Waals surface area contributed by atoms with E-state index >= 15 is 0 Å². The maximum atomic E-state index is 12.2. The molecule has 0 aliphatic rings. The highest BCUT2D eigenvalue weighted by molar-refractivity contribution is 5.79. The first-order valence-corrected chi connectivity index (χ1v) is 7.31. The van der Waals surface area contributed by atoms with Crippen molar-refractivity contribution in [3.8, 4) is 5.75 Å². The number of phenols is 1.